The maximum atomic E-state index is 6.04. The fourth-order valence-electron chi connectivity index (χ4n) is 2.35. The van der Waals surface area contributed by atoms with Crippen LogP contribution in [0.3, 0.4) is 0 Å². The van der Waals surface area contributed by atoms with E-state index in [-0.39, 0.29) is 0 Å². The van der Waals surface area contributed by atoms with Crippen LogP contribution < -0.4 is 5.73 Å². The zero-order valence-electron chi connectivity index (χ0n) is 9.89. The zero-order valence-corrected chi connectivity index (χ0v) is 9.89. The first-order chi connectivity index (χ1) is 7.77. The average Bonchev–Trinajstić information content (AvgIpc) is 2.33. The molecule has 0 bridgehead atoms. The monoisotopic (exact) mass is 216 g/mol. The Morgan fingerprint density at radius 3 is 2.56 bits per heavy atom. The van der Waals surface area contributed by atoms with Gasteiger partial charge in [-0.25, -0.2) is 0 Å². The largest absolute Gasteiger partial charge is 0.383 e. The molecule has 1 aliphatic carbocycles. The lowest BCUT2D eigenvalue weighted by Gasteiger charge is -2.25. The van der Waals surface area contributed by atoms with Crippen LogP contribution in [-0.2, 0) is 0 Å². The normalized spacial score (nSPS) is 26.7. The fraction of sp³-hybridized carbons (Fsp3) is 0.500. The summed E-state index contributed by atoms with van der Waals surface area (Å²) in [5, 5.41) is 0. The van der Waals surface area contributed by atoms with Gasteiger partial charge in [0.05, 0.1) is 6.04 Å². The summed E-state index contributed by atoms with van der Waals surface area (Å²) in [4.78, 5) is 4.68. The summed E-state index contributed by atoms with van der Waals surface area (Å²) in [5.74, 6) is 1.37. The second kappa shape index (κ2) is 5.15. The summed E-state index contributed by atoms with van der Waals surface area (Å²) in [6, 6.07) is 10.5. The van der Waals surface area contributed by atoms with E-state index in [0.29, 0.717) is 17.8 Å². The van der Waals surface area contributed by atoms with Crippen LogP contribution in [0.1, 0.15) is 38.2 Å². The highest BCUT2D eigenvalue weighted by molar-refractivity contribution is 5.97. The minimum absolute atomic E-state index is 0.425. The van der Waals surface area contributed by atoms with Gasteiger partial charge < -0.3 is 5.73 Å². The SMILES string of the molecule is CC1CCCCC1N=C(N)c1ccccc1. The summed E-state index contributed by atoms with van der Waals surface area (Å²) in [6.07, 6.45) is 5.12. The van der Waals surface area contributed by atoms with Gasteiger partial charge in [-0.1, -0.05) is 50.1 Å². The highest BCUT2D eigenvalue weighted by Crippen LogP contribution is 2.26. The van der Waals surface area contributed by atoms with Gasteiger partial charge in [-0.15, -0.1) is 0 Å². The van der Waals surface area contributed by atoms with Gasteiger partial charge in [-0.3, -0.25) is 4.99 Å². The maximum Gasteiger partial charge on any atom is 0.125 e. The third-order valence-corrected chi connectivity index (χ3v) is 3.44. The van der Waals surface area contributed by atoms with E-state index in [2.05, 4.69) is 11.9 Å². The van der Waals surface area contributed by atoms with Crippen LogP contribution in [0.15, 0.2) is 35.3 Å². The summed E-state index contributed by atoms with van der Waals surface area (Å²) in [6.45, 7) is 2.28. The Balaban J connectivity index is 2.11. The lowest BCUT2D eigenvalue weighted by molar-refractivity contribution is 0.333. The Bertz CT molecular complexity index is 356. The molecular weight excluding hydrogens is 196 g/mol. The number of nitrogens with zero attached hydrogens (tertiary/aromatic N) is 1. The maximum absolute atomic E-state index is 6.04. The van der Waals surface area contributed by atoms with Crippen molar-refractivity contribution in [3.63, 3.8) is 0 Å². The van der Waals surface area contributed by atoms with E-state index < -0.39 is 0 Å². The van der Waals surface area contributed by atoms with Crippen molar-refractivity contribution in [2.45, 2.75) is 38.6 Å². The summed E-state index contributed by atoms with van der Waals surface area (Å²) < 4.78 is 0. The van der Waals surface area contributed by atoms with E-state index in [1.807, 2.05) is 30.3 Å². The third kappa shape index (κ3) is 2.63. The van der Waals surface area contributed by atoms with E-state index in [1.54, 1.807) is 0 Å². The molecule has 1 aromatic carbocycles. The van der Waals surface area contributed by atoms with Crippen molar-refractivity contribution >= 4 is 5.84 Å². The molecule has 0 radical (unpaired) electrons. The Kier molecular flexibility index (Phi) is 3.60. The highest BCUT2D eigenvalue weighted by atomic mass is 14.9. The Hall–Kier alpha value is -1.31. The van der Waals surface area contributed by atoms with Crippen molar-refractivity contribution in [1.29, 1.82) is 0 Å². The minimum atomic E-state index is 0.425. The Labute approximate surface area is 97.6 Å². The zero-order chi connectivity index (χ0) is 11.4. The topological polar surface area (TPSA) is 38.4 Å². The van der Waals surface area contributed by atoms with Crippen LogP contribution in [0, 0.1) is 5.92 Å². The van der Waals surface area contributed by atoms with E-state index in [4.69, 9.17) is 5.73 Å². The van der Waals surface area contributed by atoms with Crippen molar-refractivity contribution in [2.75, 3.05) is 0 Å². The molecule has 0 aromatic heterocycles. The number of benzene rings is 1. The molecule has 2 nitrogen and oxygen atoms in total. The van der Waals surface area contributed by atoms with Gasteiger partial charge >= 0.3 is 0 Å². The van der Waals surface area contributed by atoms with Crippen LogP contribution in [-0.4, -0.2) is 11.9 Å². The average molecular weight is 216 g/mol. The lowest BCUT2D eigenvalue weighted by atomic mass is 9.86. The van der Waals surface area contributed by atoms with Crippen LogP contribution in [0.25, 0.3) is 0 Å². The molecule has 0 aliphatic heterocycles. The van der Waals surface area contributed by atoms with Crippen molar-refractivity contribution in [2.24, 2.45) is 16.6 Å². The molecule has 1 saturated carbocycles. The minimum Gasteiger partial charge on any atom is -0.383 e. The first-order valence-corrected chi connectivity index (χ1v) is 6.16. The molecular formula is C14H20N2. The molecule has 1 aromatic rings. The number of aliphatic imine (C=N–C) groups is 1. The predicted molar refractivity (Wildman–Crippen MR) is 68.6 cm³/mol. The van der Waals surface area contributed by atoms with Crippen molar-refractivity contribution in [1.82, 2.24) is 0 Å². The van der Waals surface area contributed by atoms with Gasteiger partial charge in [0, 0.05) is 5.56 Å². The molecule has 16 heavy (non-hydrogen) atoms. The molecule has 0 heterocycles. The number of hydrogen-bond donors (Lipinski definition) is 1. The Morgan fingerprint density at radius 2 is 1.88 bits per heavy atom. The number of hydrogen-bond acceptors (Lipinski definition) is 1. The van der Waals surface area contributed by atoms with Gasteiger partial charge in [-0.05, 0) is 18.8 Å². The molecule has 1 aliphatic rings. The van der Waals surface area contributed by atoms with Gasteiger partial charge in [0.15, 0.2) is 0 Å². The van der Waals surface area contributed by atoms with Crippen molar-refractivity contribution in [3.05, 3.63) is 35.9 Å². The molecule has 2 atom stereocenters. The summed E-state index contributed by atoms with van der Waals surface area (Å²) >= 11 is 0. The van der Waals surface area contributed by atoms with Crippen LogP contribution in [0.5, 0.6) is 0 Å². The van der Waals surface area contributed by atoms with Crippen LogP contribution in [0.2, 0.25) is 0 Å². The molecule has 2 unspecified atom stereocenters. The van der Waals surface area contributed by atoms with E-state index in [9.17, 15) is 0 Å². The Morgan fingerprint density at radius 1 is 1.19 bits per heavy atom. The number of amidine groups is 1. The molecule has 0 amide bonds. The second-order valence-corrected chi connectivity index (χ2v) is 4.71. The summed E-state index contributed by atoms with van der Waals surface area (Å²) in [7, 11) is 0. The van der Waals surface area contributed by atoms with Crippen LogP contribution >= 0.6 is 0 Å². The first-order valence-electron chi connectivity index (χ1n) is 6.16. The highest BCUT2D eigenvalue weighted by Gasteiger charge is 2.20. The quantitative estimate of drug-likeness (QED) is 0.599. The smallest absolute Gasteiger partial charge is 0.125 e. The lowest BCUT2D eigenvalue weighted by Crippen LogP contribution is -2.25. The molecule has 2 rings (SSSR count). The standard InChI is InChI=1S/C14H20N2/c1-11-7-5-6-10-13(11)16-14(15)12-8-3-2-4-9-12/h2-4,8-9,11,13H,5-7,10H2,1H3,(H2,15,16). The van der Waals surface area contributed by atoms with E-state index in [1.165, 1.54) is 25.7 Å². The van der Waals surface area contributed by atoms with Gasteiger partial charge in [0.1, 0.15) is 5.84 Å². The molecule has 1 fully saturated rings. The van der Waals surface area contributed by atoms with Gasteiger partial charge in [0.25, 0.3) is 0 Å². The fourth-order valence-corrected chi connectivity index (χ4v) is 2.35. The molecule has 0 spiro atoms. The van der Waals surface area contributed by atoms with Crippen LogP contribution in [0.4, 0.5) is 0 Å². The van der Waals surface area contributed by atoms with E-state index >= 15 is 0 Å². The third-order valence-electron chi connectivity index (χ3n) is 3.44. The molecule has 0 saturated heterocycles. The van der Waals surface area contributed by atoms with Crippen molar-refractivity contribution < 1.29 is 0 Å². The molecule has 2 N–H and O–H groups in total. The van der Waals surface area contributed by atoms with Gasteiger partial charge in [0.2, 0.25) is 0 Å². The van der Waals surface area contributed by atoms with Crippen molar-refractivity contribution in [3.8, 4) is 0 Å². The molecule has 2 heteroatoms. The second-order valence-electron chi connectivity index (χ2n) is 4.71. The molecule has 86 valence electrons. The van der Waals surface area contributed by atoms with Gasteiger partial charge in [-0.2, -0.15) is 0 Å². The number of rotatable bonds is 2. The first kappa shape index (κ1) is 11.2. The predicted octanol–water partition coefficient (Wildman–Crippen LogP) is 2.97. The summed E-state index contributed by atoms with van der Waals surface area (Å²) in [5.41, 5.74) is 7.08. The number of nitrogens with two attached hydrogens (primary N) is 1. The van der Waals surface area contributed by atoms with E-state index in [0.717, 1.165) is 5.56 Å².